The minimum Gasteiger partial charge on any atom is -0.496 e. The second-order valence-electron chi connectivity index (χ2n) is 6.08. The molecule has 5 heteroatoms. The average Bonchev–Trinajstić information content (AvgIpc) is 2.66. The number of hydrogen-bond donors (Lipinski definition) is 2. The third kappa shape index (κ3) is 6.24. The van der Waals surface area contributed by atoms with Crippen LogP contribution in [-0.2, 0) is 22.6 Å². The number of carbonyl (C=O) groups excluding carboxylic acids is 2. The minimum absolute atomic E-state index is 0.00349. The lowest BCUT2D eigenvalue weighted by atomic mass is 10.1. The maximum absolute atomic E-state index is 12.1. The molecule has 2 N–H and O–H groups in total. The topological polar surface area (TPSA) is 67.4 Å². The second-order valence-corrected chi connectivity index (χ2v) is 6.08. The summed E-state index contributed by atoms with van der Waals surface area (Å²) >= 11 is 0. The quantitative estimate of drug-likeness (QED) is 0.722. The SMILES string of the molecule is CCCC(=O)Nc1ccc(CNC(=O)CCc2ccccc2OC)cc1. The molecule has 0 radical (unpaired) electrons. The predicted molar refractivity (Wildman–Crippen MR) is 103 cm³/mol. The Hall–Kier alpha value is -2.82. The van der Waals surface area contributed by atoms with Crippen LogP contribution in [0.5, 0.6) is 5.75 Å². The van der Waals surface area contributed by atoms with Gasteiger partial charge in [0.15, 0.2) is 0 Å². The Bertz CT molecular complexity index is 726. The summed E-state index contributed by atoms with van der Waals surface area (Å²) < 4.78 is 5.30. The molecule has 0 saturated carbocycles. The molecule has 0 saturated heterocycles. The van der Waals surface area contributed by atoms with Gasteiger partial charge in [-0.1, -0.05) is 37.3 Å². The van der Waals surface area contributed by atoms with Crippen LogP contribution < -0.4 is 15.4 Å². The fraction of sp³-hybridized carbons (Fsp3) is 0.333. The molecule has 26 heavy (non-hydrogen) atoms. The summed E-state index contributed by atoms with van der Waals surface area (Å²) in [5.41, 5.74) is 2.79. The Balaban J connectivity index is 1.77. The minimum atomic E-state index is -0.00349. The summed E-state index contributed by atoms with van der Waals surface area (Å²) in [7, 11) is 1.63. The van der Waals surface area contributed by atoms with Crippen LogP contribution in [0.4, 0.5) is 5.69 Å². The monoisotopic (exact) mass is 354 g/mol. The first-order valence-electron chi connectivity index (χ1n) is 8.89. The zero-order valence-electron chi connectivity index (χ0n) is 15.4. The highest BCUT2D eigenvalue weighted by Gasteiger charge is 2.06. The van der Waals surface area contributed by atoms with Crippen LogP contribution in [0.3, 0.4) is 0 Å². The zero-order valence-corrected chi connectivity index (χ0v) is 15.4. The van der Waals surface area contributed by atoms with Gasteiger partial charge < -0.3 is 15.4 Å². The van der Waals surface area contributed by atoms with Crippen molar-refractivity contribution < 1.29 is 14.3 Å². The summed E-state index contributed by atoms with van der Waals surface area (Å²) in [6, 6.07) is 15.2. The summed E-state index contributed by atoms with van der Waals surface area (Å²) in [6.07, 6.45) is 2.39. The molecular weight excluding hydrogens is 328 g/mol. The highest BCUT2D eigenvalue weighted by molar-refractivity contribution is 5.90. The van der Waals surface area contributed by atoms with Crippen LogP contribution in [0.15, 0.2) is 48.5 Å². The summed E-state index contributed by atoms with van der Waals surface area (Å²) in [4.78, 5) is 23.6. The molecule has 0 unspecified atom stereocenters. The molecule has 0 fully saturated rings. The van der Waals surface area contributed by atoms with Crippen molar-refractivity contribution in [3.63, 3.8) is 0 Å². The van der Waals surface area contributed by atoms with E-state index in [1.54, 1.807) is 7.11 Å². The van der Waals surface area contributed by atoms with Crippen molar-refractivity contribution in [1.29, 1.82) is 0 Å². The maximum Gasteiger partial charge on any atom is 0.224 e. The van der Waals surface area contributed by atoms with Gasteiger partial charge in [-0.25, -0.2) is 0 Å². The van der Waals surface area contributed by atoms with Crippen LogP contribution in [0.25, 0.3) is 0 Å². The first kappa shape index (κ1) is 19.5. The van der Waals surface area contributed by atoms with E-state index in [-0.39, 0.29) is 11.8 Å². The molecule has 0 aliphatic heterocycles. The lowest BCUT2D eigenvalue weighted by Gasteiger charge is -2.09. The van der Waals surface area contributed by atoms with Gasteiger partial charge in [-0.3, -0.25) is 9.59 Å². The Morgan fingerprint density at radius 3 is 2.38 bits per heavy atom. The summed E-state index contributed by atoms with van der Waals surface area (Å²) in [6.45, 7) is 2.44. The van der Waals surface area contributed by atoms with E-state index < -0.39 is 0 Å². The molecule has 5 nitrogen and oxygen atoms in total. The van der Waals surface area contributed by atoms with Crippen molar-refractivity contribution in [2.24, 2.45) is 0 Å². The van der Waals surface area contributed by atoms with Gasteiger partial charge in [0.05, 0.1) is 7.11 Å². The summed E-state index contributed by atoms with van der Waals surface area (Å²) in [5, 5.41) is 5.77. The van der Waals surface area contributed by atoms with E-state index in [1.165, 1.54) is 0 Å². The van der Waals surface area contributed by atoms with Gasteiger partial charge in [-0.2, -0.15) is 0 Å². The molecule has 0 bridgehead atoms. The summed E-state index contributed by atoms with van der Waals surface area (Å²) in [5.74, 6) is 0.821. The highest BCUT2D eigenvalue weighted by atomic mass is 16.5. The molecule has 2 amide bonds. The number of amides is 2. The highest BCUT2D eigenvalue weighted by Crippen LogP contribution is 2.18. The Morgan fingerprint density at radius 2 is 1.69 bits per heavy atom. The van der Waals surface area contributed by atoms with Gasteiger partial charge in [-0.05, 0) is 42.2 Å². The number of para-hydroxylation sites is 1. The average molecular weight is 354 g/mol. The number of rotatable bonds is 9. The first-order chi connectivity index (χ1) is 12.6. The molecule has 2 rings (SSSR count). The number of methoxy groups -OCH3 is 1. The van der Waals surface area contributed by atoms with Crippen LogP contribution in [-0.4, -0.2) is 18.9 Å². The van der Waals surface area contributed by atoms with Crippen molar-refractivity contribution in [1.82, 2.24) is 5.32 Å². The van der Waals surface area contributed by atoms with Crippen molar-refractivity contribution >= 4 is 17.5 Å². The van der Waals surface area contributed by atoms with E-state index >= 15 is 0 Å². The number of hydrogen-bond acceptors (Lipinski definition) is 3. The molecule has 2 aromatic carbocycles. The van der Waals surface area contributed by atoms with Gasteiger partial charge in [0, 0.05) is 25.1 Å². The number of nitrogens with one attached hydrogen (secondary N) is 2. The van der Waals surface area contributed by atoms with Crippen molar-refractivity contribution in [2.45, 2.75) is 39.2 Å². The van der Waals surface area contributed by atoms with E-state index in [1.807, 2.05) is 55.5 Å². The number of aryl methyl sites for hydroxylation is 1. The van der Waals surface area contributed by atoms with Crippen molar-refractivity contribution in [3.05, 3.63) is 59.7 Å². The van der Waals surface area contributed by atoms with E-state index in [2.05, 4.69) is 10.6 Å². The molecule has 2 aromatic rings. The molecule has 0 spiro atoms. The zero-order chi connectivity index (χ0) is 18.8. The maximum atomic E-state index is 12.1. The van der Waals surface area contributed by atoms with E-state index in [4.69, 9.17) is 4.74 Å². The van der Waals surface area contributed by atoms with E-state index in [0.29, 0.717) is 25.8 Å². The molecular formula is C21H26N2O3. The van der Waals surface area contributed by atoms with Crippen LogP contribution in [0.2, 0.25) is 0 Å². The third-order valence-electron chi connectivity index (χ3n) is 4.02. The van der Waals surface area contributed by atoms with Gasteiger partial charge in [-0.15, -0.1) is 0 Å². The normalized spacial score (nSPS) is 10.2. The standard InChI is InChI=1S/C21H26N2O3/c1-3-6-21(25)23-18-12-9-16(10-13-18)15-22-20(24)14-11-17-7-4-5-8-19(17)26-2/h4-5,7-10,12-13H,3,6,11,14-15H2,1-2H3,(H,22,24)(H,23,25). The number of ether oxygens (including phenoxy) is 1. The Kier molecular flexibility index (Phi) is 7.68. The van der Waals surface area contributed by atoms with Crippen molar-refractivity contribution in [3.8, 4) is 5.75 Å². The van der Waals surface area contributed by atoms with Crippen molar-refractivity contribution in [2.75, 3.05) is 12.4 Å². The fourth-order valence-electron chi connectivity index (χ4n) is 2.60. The first-order valence-corrected chi connectivity index (χ1v) is 8.89. The lowest BCUT2D eigenvalue weighted by Crippen LogP contribution is -2.23. The molecule has 0 aromatic heterocycles. The molecule has 0 aliphatic rings. The molecule has 138 valence electrons. The molecule has 0 atom stereocenters. The number of carbonyl (C=O) groups is 2. The fourth-order valence-corrected chi connectivity index (χ4v) is 2.60. The van der Waals surface area contributed by atoms with Gasteiger partial charge in [0.25, 0.3) is 0 Å². The lowest BCUT2D eigenvalue weighted by molar-refractivity contribution is -0.121. The van der Waals surface area contributed by atoms with Gasteiger partial charge in [0.1, 0.15) is 5.75 Å². The van der Waals surface area contributed by atoms with Gasteiger partial charge >= 0.3 is 0 Å². The Morgan fingerprint density at radius 1 is 0.962 bits per heavy atom. The predicted octanol–water partition coefficient (Wildman–Crippen LogP) is 3.68. The Labute approximate surface area is 154 Å². The number of anilines is 1. The van der Waals surface area contributed by atoms with E-state index in [0.717, 1.165) is 29.0 Å². The molecule has 0 aliphatic carbocycles. The number of benzene rings is 2. The van der Waals surface area contributed by atoms with Crippen LogP contribution in [0.1, 0.15) is 37.3 Å². The molecule has 0 heterocycles. The van der Waals surface area contributed by atoms with Crippen LogP contribution in [0, 0.1) is 0 Å². The smallest absolute Gasteiger partial charge is 0.224 e. The van der Waals surface area contributed by atoms with Crippen LogP contribution >= 0.6 is 0 Å². The largest absolute Gasteiger partial charge is 0.496 e. The third-order valence-corrected chi connectivity index (χ3v) is 4.02. The van der Waals surface area contributed by atoms with Gasteiger partial charge in [0.2, 0.25) is 11.8 Å². The second kappa shape index (κ2) is 10.2. The van der Waals surface area contributed by atoms with E-state index in [9.17, 15) is 9.59 Å².